The fraction of sp³-hybridized carbons (Fsp3) is 0.448. The zero-order valence-corrected chi connectivity index (χ0v) is 21.9. The van der Waals surface area contributed by atoms with Crippen LogP contribution in [0.2, 0.25) is 0 Å². The van der Waals surface area contributed by atoms with Gasteiger partial charge in [-0.25, -0.2) is 4.99 Å². The lowest BCUT2D eigenvalue weighted by molar-refractivity contribution is -0.142. The summed E-state index contributed by atoms with van der Waals surface area (Å²) < 4.78 is 0. The van der Waals surface area contributed by atoms with Crippen molar-refractivity contribution in [2.24, 2.45) is 10.9 Å². The van der Waals surface area contributed by atoms with Crippen LogP contribution in [0.1, 0.15) is 35.6 Å². The number of hydrogen-bond acceptors (Lipinski definition) is 6. The number of β-amino-alcohol motifs (C(OH)–C–C–N with tert-alkyl or cyclic N) is 1. The van der Waals surface area contributed by atoms with Gasteiger partial charge in [0.05, 0.1) is 5.60 Å². The number of amides is 1. The summed E-state index contributed by atoms with van der Waals surface area (Å²) in [7, 11) is 0. The lowest BCUT2D eigenvalue weighted by Gasteiger charge is -2.44. The molecule has 2 saturated heterocycles. The van der Waals surface area contributed by atoms with Crippen molar-refractivity contribution in [3.05, 3.63) is 81.3 Å². The first kappa shape index (κ1) is 24.4. The average molecular weight is 518 g/mol. The van der Waals surface area contributed by atoms with E-state index in [4.69, 9.17) is 0 Å². The van der Waals surface area contributed by atoms with Crippen LogP contribution in [-0.4, -0.2) is 75.7 Å². The quantitative estimate of drug-likeness (QED) is 0.527. The van der Waals surface area contributed by atoms with Crippen LogP contribution in [0.5, 0.6) is 0 Å². The Morgan fingerprint density at radius 1 is 1.11 bits per heavy atom. The molecule has 1 aromatic carbocycles. The molecule has 1 amide bonds. The van der Waals surface area contributed by atoms with Gasteiger partial charge < -0.3 is 19.9 Å². The number of thiophene rings is 1. The largest absolute Gasteiger partial charge is 0.388 e. The average Bonchev–Trinajstić information content (AvgIpc) is 3.62. The van der Waals surface area contributed by atoms with E-state index in [0.29, 0.717) is 39.1 Å². The second-order valence-electron chi connectivity index (χ2n) is 10.7. The van der Waals surface area contributed by atoms with E-state index in [9.17, 15) is 9.90 Å². The van der Waals surface area contributed by atoms with Gasteiger partial charge in [0.1, 0.15) is 12.2 Å². The lowest BCUT2D eigenvalue weighted by atomic mass is 9.82. The van der Waals surface area contributed by atoms with Gasteiger partial charge in [-0.15, -0.1) is 11.3 Å². The highest BCUT2D eigenvalue weighted by Crippen LogP contribution is 2.37. The molecule has 3 aliphatic rings. The van der Waals surface area contributed by atoms with Crippen LogP contribution in [0.15, 0.2) is 65.1 Å². The molecule has 3 aliphatic heterocycles. The van der Waals surface area contributed by atoms with Crippen LogP contribution >= 0.6 is 11.3 Å². The summed E-state index contributed by atoms with van der Waals surface area (Å²) in [5.74, 6) is 0.472. The van der Waals surface area contributed by atoms with E-state index < -0.39 is 5.60 Å². The van der Waals surface area contributed by atoms with Crippen molar-refractivity contribution < 1.29 is 9.90 Å². The molecule has 0 radical (unpaired) electrons. The van der Waals surface area contributed by atoms with Gasteiger partial charge in [0.25, 0.3) is 0 Å². The Bertz CT molecular complexity index is 1310. The van der Waals surface area contributed by atoms with Gasteiger partial charge in [-0.1, -0.05) is 36.4 Å². The van der Waals surface area contributed by atoms with Crippen molar-refractivity contribution in [3.8, 4) is 0 Å². The summed E-state index contributed by atoms with van der Waals surface area (Å²) in [6.45, 7) is 5.05. The predicted octanol–water partition coefficient (Wildman–Crippen LogP) is 2.37. The first-order valence-corrected chi connectivity index (χ1v) is 14.2. The molecule has 8 heteroatoms. The predicted molar refractivity (Wildman–Crippen MR) is 145 cm³/mol. The van der Waals surface area contributed by atoms with Crippen molar-refractivity contribution >= 4 is 23.4 Å². The monoisotopic (exact) mass is 517 g/mol. The summed E-state index contributed by atoms with van der Waals surface area (Å²) >= 11 is 1.76. The summed E-state index contributed by atoms with van der Waals surface area (Å²) in [5.41, 5.74) is 1.42. The standard InChI is InChI=1S/C29H35N5O2S/c35-28(34-14-10-29(36,11-15-34)20-33-18-23-8-12-30-27(23)31-21-33)24-9-13-32(17-22-5-2-1-3-6-22)19-25(24)26-7-4-16-37-26/h1-8,12,16,18,24-25,36H,9-11,13-15,17,19-21H2,(H,30,31)/t24-,25-/m0/s1. The van der Waals surface area contributed by atoms with Crippen molar-refractivity contribution in [2.45, 2.75) is 37.3 Å². The summed E-state index contributed by atoms with van der Waals surface area (Å²) in [4.78, 5) is 29.4. The second-order valence-corrected chi connectivity index (χ2v) is 11.7. The number of aliphatic hydroxyl groups is 1. The minimum Gasteiger partial charge on any atom is -0.388 e. The lowest BCUT2D eigenvalue weighted by Crippen LogP contribution is -2.54. The fourth-order valence-electron chi connectivity index (χ4n) is 6.11. The zero-order valence-electron chi connectivity index (χ0n) is 21.1. The summed E-state index contributed by atoms with van der Waals surface area (Å²) in [6.07, 6.45) is 6.03. The third-order valence-corrected chi connectivity index (χ3v) is 9.17. The van der Waals surface area contributed by atoms with Crippen molar-refractivity contribution in [2.75, 3.05) is 39.4 Å². The number of likely N-dealkylation sites (tertiary alicyclic amines) is 2. The number of nitrogens with one attached hydrogen (secondary N) is 1. The first-order chi connectivity index (χ1) is 18.1. The molecule has 0 unspecified atom stereocenters. The van der Waals surface area contributed by atoms with E-state index in [2.05, 4.69) is 73.8 Å². The van der Waals surface area contributed by atoms with Gasteiger partial charge in [-0.05, 0) is 48.9 Å². The molecule has 0 bridgehead atoms. The molecule has 0 saturated carbocycles. The van der Waals surface area contributed by atoms with Crippen LogP contribution in [-0.2, 0) is 11.3 Å². The number of carbonyl (C=O) groups is 1. The van der Waals surface area contributed by atoms with Crippen molar-refractivity contribution in [1.29, 1.82) is 0 Å². The Labute approximate surface area is 221 Å². The van der Waals surface area contributed by atoms with Gasteiger partial charge in [-0.3, -0.25) is 9.69 Å². The fourth-order valence-corrected chi connectivity index (χ4v) is 7.00. The number of aromatic nitrogens is 1. The minimum absolute atomic E-state index is 0.00175. The molecular formula is C29H35N5O2S. The highest BCUT2D eigenvalue weighted by atomic mass is 32.1. The van der Waals surface area contributed by atoms with Crippen LogP contribution in [0.25, 0.3) is 6.20 Å². The molecule has 6 rings (SSSR count). The van der Waals surface area contributed by atoms with Gasteiger partial charge in [0, 0.05) is 67.1 Å². The number of rotatable bonds is 6. The number of fused-ring (bicyclic) bond motifs is 1. The van der Waals surface area contributed by atoms with Crippen molar-refractivity contribution in [3.63, 3.8) is 0 Å². The summed E-state index contributed by atoms with van der Waals surface area (Å²) in [5, 5.41) is 14.5. The van der Waals surface area contributed by atoms with E-state index in [1.807, 2.05) is 17.2 Å². The molecule has 2 atom stereocenters. The van der Waals surface area contributed by atoms with Gasteiger partial charge in [0.15, 0.2) is 0 Å². The van der Waals surface area contributed by atoms with Gasteiger partial charge in [0.2, 0.25) is 5.91 Å². The Balaban J connectivity index is 1.09. The maximum Gasteiger partial charge on any atom is 0.226 e. The molecule has 194 valence electrons. The Kier molecular flexibility index (Phi) is 6.88. The number of piperidine rings is 2. The Morgan fingerprint density at radius 2 is 1.95 bits per heavy atom. The van der Waals surface area contributed by atoms with E-state index in [-0.39, 0.29) is 17.7 Å². The second kappa shape index (κ2) is 10.4. The van der Waals surface area contributed by atoms with E-state index in [1.54, 1.807) is 11.3 Å². The SMILES string of the molecule is O=C([C@H]1CCN(Cc2ccccc2)C[C@@H]1c1cccs1)N1CCC(O)(CN2C=c3cc[nH]c3=NC2)CC1. The highest BCUT2D eigenvalue weighted by Gasteiger charge is 2.41. The maximum absolute atomic E-state index is 13.8. The first-order valence-electron chi connectivity index (χ1n) is 13.3. The van der Waals surface area contributed by atoms with E-state index in [0.717, 1.165) is 36.8 Å². The summed E-state index contributed by atoms with van der Waals surface area (Å²) in [6, 6.07) is 16.9. The van der Waals surface area contributed by atoms with Crippen LogP contribution in [0, 0.1) is 5.92 Å². The number of benzene rings is 1. The maximum atomic E-state index is 13.8. The number of hydrogen-bond donors (Lipinski definition) is 2. The number of carbonyl (C=O) groups excluding carboxylic acids is 1. The van der Waals surface area contributed by atoms with Crippen molar-refractivity contribution in [1.82, 2.24) is 19.7 Å². The molecule has 37 heavy (non-hydrogen) atoms. The molecule has 0 spiro atoms. The van der Waals surface area contributed by atoms with E-state index >= 15 is 0 Å². The molecule has 2 aromatic heterocycles. The van der Waals surface area contributed by atoms with E-state index in [1.165, 1.54) is 10.4 Å². The molecular weight excluding hydrogens is 482 g/mol. The Hall–Kier alpha value is -2.94. The topological polar surface area (TPSA) is 75.2 Å². The molecule has 5 heterocycles. The molecule has 3 aromatic rings. The molecule has 2 N–H and O–H groups in total. The smallest absolute Gasteiger partial charge is 0.226 e. The van der Waals surface area contributed by atoms with Crippen LogP contribution < -0.4 is 10.7 Å². The molecule has 7 nitrogen and oxygen atoms in total. The van der Waals surface area contributed by atoms with Gasteiger partial charge >= 0.3 is 0 Å². The number of H-pyrrole nitrogens is 1. The third kappa shape index (κ3) is 5.37. The normalized spacial score (nSPS) is 23.7. The third-order valence-electron chi connectivity index (χ3n) is 8.16. The molecule has 0 aliphatic carbocycles. The molecule has 2 fully saturated rings. The highest BCUT2D eigenvalue weighted by molar-refractivity contribution is 7.10. The number of aromatic amines is 1. The Morgan fingerprint density at radius 3 is 2.73 bits per heavy atom. The zero-order chi connectivity index (χ0) is 25.2. The minimum atomic E-state index is -0.803. The number of nitrogens with zero attached hydrogens (tertiary/aromatic N) is 4. The van der Waals surface area contributed by atoms with Gasteiger partial charge in [-0.2, -0.15) is 0 Å². The van der Waals surface area contributed by atoms with Crippen LogP contribution in [0.4, 0.5) is 0 Å². The van der Waals surface area contributed by atoms with Crippen LogP contribution in [0.3, 0.4) is 0 Å².